The molecule has 200 valence electrons. The summed E-state index contributed by atoms with van der Waals surface area (Å²) in [6.45, 7) is 6.35. The normalized spacial score (nSPS) is 20.6. The van der Waals surface area contributed by atoms with E-state index in [1.807, 2.05) is 18.2 Å². The molecule has 2 aromatic carbocycles. The Balaban J connectivity index is 1.47. The average molecular weight is 520 g/mol. The lowest BCUT2D eigenvalue weighted by molar-refractivity contribution is -0.138. The van der Waals surface area contributed by atoms with Crippen molar-refractivity contribution in [1.29, 1.82) is 0 Å². The second kappa shape index (κ2) is 10.8. The number of amides is 2. The van der Waals surface area contributed by atoms with Crippen molar-refractivity contribution in [2.75, 3.05) is 26.2 Å². The van der Waals surface area contributed by atoms with Crippen LogP contribution in [0.4, 0.5) is 17.6 Å². The minimum Gasteiger partial charge on any atom is -0.341 e. The van der Waals surface area contributed by atoms with Gasteiger partial charge in [0.2, 0.25) is 5.91 Å². The zero-order valence-corrected chi connectivity index (χ0v) is 21.1. The van der Waals surface area contributed by atoms with Crippen molar-refractivity contribution in [3.8, 4) is 0 Å². The van der Waals surface area contributed by atoms with E-state index in [1.165, 1.54) is 5.56 Å². The van der Waals surface area contributed by atoms with Crippen molar-refractivity contribution in [1.82, 2.24) is 15.5 Å². The lowest BCUT2D eigenvalue weighted by atomic mass is 9.62. The highest BCUT2D eigenvalue weighted by Gasteiger charge is 2.45. The number of piperidine rings is 2. The van der Waals surface area contributed by atoms with Crippen molar-refractivity contribution < 1.29 is 27.2 Å². The molecule has 1 spiro atoms. The maximum Gasteiger partial charge on any atom is 0.416 e. The third kappa shape index (κ3) is 5.81. The molecule has 2 fully saturated rings. The zero-order valence-electron chi connectivity index (χ0n) is 21.1. The molecule has 2 aliphatic heterocycles. The van der Waals surface area contributed by atoms with Crippen LogP contribution in [-0.4, -0.2) is 48.9 Å². The summed E-state index contributed by atoms with van der Waals surface area (Å²) in [5.41, 5.74) is -0.500. The van der Waals surface area contributed by atoms with Crippen LogP contribution in [0.5, 0.6) is 0 Å². The lowest BCUT2D eigenvalue weighted by Crippen LogP contribution is -2.56. The second-order valence-electron chi connectivity index (χ2n) is 10.5. The largest absolute Gasteiger partial charge is 0.416 e. The number of rotatable bonds is 5. The minimum absolute atomic E-state index is 0.0706. The number of carbonyl (C=O) groups excluding carboxylic acids is 2. The molecule has 37 heavy (non-hydrogen) atoms. The third-order valence-corrected chi connectivity index (χ3v) is 7.92. The number of alkyl halides is 3. The van der Waals surface area contributed by atoms with Gasteiger partial charge in [-0.15, -0.1) is 0 Å². The molecule has 4 rings (SSSR count). The van der Waals surface area contributed by atoms with E-state index >= 15 is 0 Å². The van der Waals surface area contributed by atoms with Crippen LogP contribution < -0.4 is 10.6 Å². The van der Waals surface area contributed by atoms with Gasteiger partial charge in [0, 0.05) is 25.6 Å². The summed E-state index contributed by atoms with van der Waals surface area (Å²) < 4.78 is 53.5. The van der Waals surface area contributed by atoms with Gasteiger partial charge in [0.05, 0.1) is 11.1 Å². The van der Waals surface area contributed by atoms with Crippen LogP contribution in [0.25, 0.3) is 0 Å². The Morgan fingerprint density at radius 1 is 1.05 bits per heavy atom. The second-order valence-corrected chi connectivity index (χ2v) is 10.5. The van der Waals surface area contributed by atoms with Crippen molar-refractivity contribution >= 4 is 11.8 Å². The molecule has 1 unspecified atom stereocenters. The number of hydrogen-bond acceptors (Lipinski definition) is 3. The molecule has 0 radical (unpaired) electrons. The fraction of sp³-hybridized carbons (Fsp3) is 0.500. The smallest absolute Gasteiger partial charge is 0.341 e. The highest BCUT2D eigenvalue weighted by molar-refractivity contribution is 5.98. The van der Waals surface area contributed by atoms with Crippen molar-refractivity contribution in [2.45, 2.75) is 51.2 Å². The standard InChI is InChI=1S/C28H33F4N3O2/c1-18(2)24(34-25(36)21-16-20(28(30,31)32)8-9-23(21)29)26(37)35-14-11-27(12-15-35)10-13-33-17-22(27)19-6-4-3-5-7-19/h3-9,16,18,22,24,33H,10-15,17H2,1-2H3,(H,34,36)/t22?,24-/m1/s1. The van der Waals surface area contributed by atoms with E-state index in [0.717, 1.165) is 32.4 Å². The topological polar surface area (TPSA) is 61.4 Å². The van der Waals surface area contributed by atoms with Crippen molar-refractivity contribution in [2.24, 2.45) is 11.3 Å². The maximum absolute atomic E-state index is 14.3. The SMILES string of the molecule is CC(C)[C@@H](NC(=O)c1cc(C(F)(F)F)ccc1F)C(=O)N1CCC2(CCNCC2c2ccccc2)CC1. The molecule has 2 heterocycles. The highest BCUT2D eigenvalue weighted by Crippen LogP contribution is 2.48. The molecule has 0 bridgehead atoms. The molecular weight excluding hydrogens is 486 g/mol. The summed E-state index contributed by atoms with van der Waals surface area (Å²) in [7, 11) is 0. The number of nitrogens with zero attached hydrogens (tertiary/aromatic N) is 1. The fourth-order valence-corrected chi connectivity index (χ4v) is 5.71. The highest BCUT2D eigenvalue weighted by atomic mass is 19.4. The summed E-state index contributed by atoms with van der Waals surface area (Å²) >= 11 is 0. The predicted molar refractivity (Wildman–Crippen MR) is 132 cm³/mol. The fourth-order valence-electron chi connectivity index (χ4n) is 5.71. The predicted octanol–water partition coefficient (Wildman–Crippen LogP) is 4.98. The number of benzene rings is 2. The van der Waals surface area contributed by atoms with E-state index in [4.69, 9.17) is 0 Å². The Bertz CT molecular complexity index is 1110. The molecular formula is C28H33F4N3O2. The van der Waals surface area contributed by atoms with Crippen molar-refractivity contribution in [3.63, 3.8) is 0 Å². The Hall–Kier alpha value is -2.94. The molecule has 0 aliphatic carbocycles. The molecule has 0 aromatic heterocycles. The molecule has 2 atom stereocenters. The Kier molecular flexibility index (Phi) is 7.92. The van der Waals surface area contributed by atoms with Gasteiger partial charge >= 0.3 is 6.18 Å². The lowest BCUT2D eigenvalue weighted by Gasteiger charge is -2.50. The zero-order chi connectivity index (χ0) is 26.8. The Morgan fingerprint density at radius 3 is 2.35 bits per heavy atom. The molecule has 2 N–H and O–H groups in total. The van der Waals surface area contributed by atoms with Gasteiger partial charge < -0.3 is 15.5 Å². The van der Waals surface area contributed by atoms with Gasteiger partial charge in [-0.1, -0.05) is 44.2 Å². The Labute approximate surface area is 214 Å². The van der Waals surface area contributed by atoms with E-state index in [1.54, 1.807) is 18.7 Å². The molecule has 2 amide bonds. The molecule has 5 nitrogen and oxygen atoms in total. The van der Waals surface area contributed by atoms with Crippen LogP contribution in [0.15, 0.2) is 48.5 Å². The van der Waals surface area contributed by atoms with Gasteiger partial charge in [-0.2, -0.15) is 13.2 Å². The summed E-state index contributed by atoms with van der Waals surface area (Å²) in [6.07, 6.45) is -2.07. The molecule has 2 aliphatic rings. The number of nitrogens with one attached hydrogen (secondary N) is 2. The Morgan fingerprint density at radius 2 is 1.73 bits per heavy atom. The summed E-state index contributed by atoms with van der Waals surface area (Å²) in [5.74, 6) is -2.40. The van der Waals surface area contributed by atoms with E-state index < -0.39 is 35.1 Å². The summed E-state index contributed by atoms with van der Waals surface area (Å²) in [6, 6.07) is 11.1. The maximum atomic E-state index is 14.3. The monoisotopic (exact) mass is 519 g/mol. The molecule has 0 saturated carbocycles. The molecule has 2 saturated heterocycles. The summed E-state index contributed by atoms with van der Waals surface area (Å²) in [4.78, 5) is 28.0. The van der Waals surface area contributed by atoms with Crippen LogP contribution >= 0.6 is 0 Å². The van der Waals surface area contributed by atoms with Gasteiger partial charge in [-0.25, -0.2) is 4.39 Å². The van der Waals surface area contributed by atoms with Gasteiger partial charge in [0.15, 0.2) is 0 Å². The van der Waals surface area contributed by atoms with E-state index in [-0.39, 0.29) is 17.2 Å². The number of hydrogen-bond donors (Lipinski definition) is 2. The van der Waals surface area contributed by atoms with Gasteiger partial charge in [-0.05, 0) is 60.9 Å². The van der Waals surface area contributed by atoms with Crippen molar-refractivity contribution in [3.05, 3.63) is 71.0 Å². The van der Waals surface area contributed by atoms with Crippen LogP contribution in [-0.2, 0) is 11.0 Å². The quantitative estimate of drug-likeness (QED) is 0.548. The number of carbonyl (C=O) groups is 2. The van der Waals surface area contributed by atoms with E-state index in [0.29, 0.717) is 37.2 Å². The van der Waals surface area contributed by atoms with Gasteiger partial charge in [-0.3, -0.25) is 9.59 Å². The molecule has 2 aromatic rings. The summed E-state index contributed by atoms with van der Waals surface area (Å²) in [5, 5.41) is 6.01. The van der Waals surface area contributed by atoms with Crippen LogP contribution in [0.1, 0.15) is 60.5 Å². The number of likely N-dealkylation sites (tertiary alicyclic amines) is 1. The number of halogens is 4. The first-order valence-electron chi connectivity index (χ1n) is 12.7. The average Bonchev–Trinajstić information content (AvgIpc) is 2.87. The van der Waals surface area contributed by atoms with Crippen LogP contribution in [0.3, 0.4) is 0 Å². The first-order chi connectivity index (χ1) is 17.5. The van der Waals surface area contributed by atoms with E-state index in [9.17, 15) is 27.2 Å². The first kappa shape index (κ1) is 27.1. The van der Waals surface area contributed by atoms with E-state index in [2.05, 4.69) is 22.8 Å². The van der Waals surface area contributed by atoms with Gasteiger partial charge in [0.25, 0.3) is 5.91 Å². The van der Waals surface area contributed by atoms with Gasteiger partial charge in [0.1, 0.15) is 11.9 Å². The van der Waals surface area contributed by atoms with Crippen LogP contribution in [0, 0.1) is 17.2 Å². The van der Waals surface area contributed by atoms with Crippen LogP contribution in [0.2, 0.25) is 0 Å². The minimum atomic E-state index is -4.72. The third-order valence-electron chi connectivity index (χ3n) is 7.92. The first-order valence-corrected chi connectivity index (χ1v) is 12.7. The molecule has 9 heteroatoms.